The van der Waals surface area contributed by atoms with Gasteiger partial charge in [-0.05, 0) is 18.6 Å². The van der Waals surface area contributed by atoms with E-state index in [1.807, 2.05) is 0 Å². The first-order chi connectivity index (χ1) is 9.02. The van der Waals surface area contributed by atoms with E-state index in [1.54, 1.807) is 12.0 Å². The Labute approximate surface area is 108 Å². The Hall–Kier alpha value is -2.02. The highest BCUT2D eigenvalue weighted by Crippen LogP contribution is 2.21. The topological polar surface area (TPSA) is 72.7 Å². The summed E-state index contributed by atoms with van der Waals surface area (Å²) in [5.74, 6) is -1.29. The third kappa shape index (κ3) is 2.70. The van der Waals surface area contributed by atoms with Gasteiger partial charge >= 0.3 is 5.69 Å². The highest BCUT2D eigenvalue weighted by molar-refractivity contribution is 5.95. The first-order valence-electron chi connectivity index (χ1n) is 5.79. The van der Waals surface area contributed by atoms with Crippen LogP contribution in [0.3, 0.4) is 0 Å². The molecule has 0 aliphatic carbocycles. The third-order valence-electron chi connectivity index (χ3n) is 3.16. The summed E-state index contributed by atoms with van der Waals surface area (Å²) in [6, 6.07) is 3.16. The fraction of sp³-hybridized carbons (Fsp3) is 0.417. The molecule has 0 saturated carbocycles. The highest BCUT2D eigenvalue weighted by Gasteiger charge is 2.28. The summed E-state index contributed by atoms with van der Waals surface area (Å²) < 4.78 is 18.3. The Bertz CT molecular complexity index is 520. The quantitative estimate of drug-likeness (QED) is 0.616. The molecule has 1 aromatic carbocycles. The molecule has 0 spiro atoms. The van der Waals surface area contributed by atoms with E-state index in [-0.39, 0.29) is 17.6 Å². The van der Waals surface area contributed by atoms with Crippen molar-refractivity contribution in [2.24, 2.45) is 0 Å². The number of nitro groups is 1. The van der Waals surface area contributed by atoms with Crippen molar-refractivity contribution >= 4 is 11.6 Å². The summed E-state index contributed by atoms with van der Waals surface area (Å²) in [6.45, 7) is 0.975. The zero-order chi connectivity index (χ0) is 14.0. The van der Waals surface area contributed by atoms with E-state index in [0.29, 0.717) is 13.1 Å². The number of nitro benzene ring substituents is 1. The van der Waals surface area contributed by atoms with Crippen LogP contribution in [0.25, 0.3) is 0 Å². The van der Waals surface area contributed by atoms with Gasteiger partial charge < -0.3 is 9.64 Å². The molecule has 0 radical (unpaired) electrons. The molecule has 2 rings (SSSR count). The van der Waals surface area contributed by atoms with E-state index in [4.69, 9.17) is 4.74 Å². The number of methoxy groups -OCH3 is 1. The van der Waals surface area contributed by atoms with Crippen LogP contribution in [-0.2, 0) is 4.74 Å². The van der Waals surface area contributed by atoms with E-state index < -0.39 is 16.4 Å². The van der Waals surface area contributed by atoms with Crippen LogP contribution in [0.4, 0.5) is 10.1 Å². The van der Waals surface area contributed by atoms with Crippen molar-refractivity contribution in [3.63, 3.8) is 0 Å². The molecule has 1 fully saturated rings. The van der Waals surface area contributed by atoms with Crippen molar-refractivity contribution < 1.29 is 18.8 Å². The van der Waals surface area contributed by atoms with Crippen LogP contribution in [0, 0.1) is 15.9 Å². The second-order valence-corrected chi connectivity index (χ2v) is 4.32. The molecule has 0 aromatic heterocycles. The summed E-state index contributed by atoms with van der Waals surface area (Å²) in [6.07, 6.45) is 0.713. The summed E-state index contributed by atoms with van der Waals surface area (Å²) in [5.41, 5.74) is -0.571. The smallest absolute Gasteiger partial charge is 0.305 e. The van der Waals surface area contributed by atoms with Gasteiger partial charge in [-0.1, -0.05) is 0 Å². The first kappa shape index (κ1) is 13.4. The van der Waals surface area contributed by atoms with Crippen molar-refractivity contribution in [1.82, 2.24) is 4.90 Å². The number of halogens is 1. The first-order valence-corrected chi connectivity index (χ1v) is 5.79. The largest absolute Gasteiger partial charge is 0.380 e. The van der Waals surface area contributed by atoms with Gasteiger partial charge in [-0.15, -0.1) is 0 Å². The molecule has 1 atom stereocenters. The standard InChI is InChI=1S/C12H13FN2O4/c1-19-9-4-5-14(7-9)12(16)8-2-3-10(13)11(6-8)15(17)18/h2-3,6,9H,4-5,7H2,1H3. The second-order valence-electron chi connectivity index (χ2n) is 4.32. The maximum Gasteiger partial charge on any atom is 0.305 e. The number of carbonyl (C=O) groups is 1. The molecule has 1 heterocycles. The van der Waals surface area contributed by atoms with E-state index in [1.165, 1.54) is 6.07 Å². The molecule has 1 unspecified atom stereocenters. The summed E-state index contributed by atoms with van der Waals surface area (Å²) in [4.78, 5) is 23.5. The number of carbonyl (C=O) groups excluding carboxylic acids is 1. The summed E-state index contributed by atoms with van der Waals surface area (Å²) >= 11 is 0. The maximum atomic E-state index is 13.2. The Kier molecular flexibility index (Phi) is 3.75. The van der Waals surface area contributed by atoms with Crippen molar-refractivity contribution in [3.8, 4) is 0 Å². The van der Waals surface area contributed by atoms with E-state index in [0.717, 1.165) is 18.6 Å². The fourth-order valence-electron chi connectivity index (χ4n) is 2.07. The Morgan fingerprint density at radius 1 is 1.58 bits per heavy atom. The van der Waals surface area contributed by atoms with Crippen LogP contribution in [0.2, 0.25) is 0 Å². The van der Waals surface area contributed by atoms with Gasteiger partial charge in [0.05, 0.1) is 11.0 Å². The van der Waals surface area contributed by atoms with Gasteiger partial charge in [-0.25, -0.2) is 0 Å². The molecule has 0 N–H and O–H groups in total. The molecule has 1 saturated heterocycles. The molecule has 6 nitrogen and oxygen atoms in total. The van der Waals surface area contributed by atoms with Crippen molar-refractivity contribution in [2.45, 2.75) is 12.5 Å². The molecule has 1 amide bonds. The number of rotatable bonds is 3. The number of amides is 1. The zero-order valence-corrected chi connectivity index (χ0v) is 10.3. The number of hydrogen-bond donors (Lipinski definition) is 0. The number of benzene rings is 1. The van der Waals surface area contributed by atoms with Crippen molar-refractivity contribution in [1.29, 1.82) is 0 Å². The monoisotopic (exact) mass is 268 g/mol. The number of nitrogens with zero attached hydrogens (tertiary/aromatic N) is 2. The summed E-state index contributed by atoms with van der Waals surface area (Å²) in [7, 11) is 1.57. The lowest BCUT2D eigenvalue weighted by Gasteiger charge is -2.16. The van der Waals surface area contributed by atoms with Gasteiger partial charge in [0.2, 0.25) is 5.82 Å². The Balaban J connectivity index is 2.20. The van der Waals surface area contributed by atoms with Gasteiger partial charge in [0, 0.05) is 31.8 Å². The van der Waals surface area contributed by atoms with Crippen LogP contribution in [-0.4, -0.2) is 42.0 Å². The van der Waals surface area contributed by atoms with E-state index >= 15 is 0 Å². The molecule has 1 aliphatic heterocycles. The second kappa shape index (κ2) is 5.31. The molecule has 0 bridgehead atoms. The molecular weight excluding hydrogens is 255 g/mol. The average Bonchev–Trinajstić information content (AvgIpc) is 2.87. The maximum absolute atomic E-state index is 13.2. The number of hydrogen-bond acceptors (Lipinski definition) is 4. The van der Waals surface area contributed by atoms with Gasteiger partial charge in [-0.3, -0.25) is 14.9 Å². The molecule has 1 aromatic rings. The highest BCUT2D eigenvalue weighted by atomic mass is 19.1. The van der Waals surface area contributed by atoms with Gasteiger partial charge in [0.1, 0.15) is 0 Å². The van der Waals surface area contributed by atoms with Crippen LogP contribution in [0.1, 0.15) is 16.8 Å². The molecule has 19 heavy (non-hydrogen) atoms. The number of ether oxygens (including phenoxy) is 1. The minimum absolute atomic E-state index is 0.0145. The van der Waals surface area contributed by atoms with Crippen molar-refractivity contribution in [2.75, 3.05) is 20.2 Å². The zero-order valence-electron chi connectivity index (χ0n) is 10.3. The van der Waals surface area contributed by atoms with Gasteiger partial charge in [0.25, 0.3) is 5.91 Å². The van der Waals surface area contributed by atoms with Crippen LogP contribution in [0.5, 0.6) is 0 Å². The molecule has 1 aliphatic rings. The lowest BCUT2D eigenvalue weighted by molar-refractivity contribution is -0.387. The predicted molar refractivity (Wildman–Crippen MR) is 64.4 cm³/mol. The number of likely N-dealkylation sites (tertiary alicyclic amines) is 1. The Morgan fingerprint density at radius 3 is 2.89 bits per heavy atom. The summed E-state index contributed by atoms with van der Waals surface area (Å²) in [5, 5.41) is 10.6. The lowest BCUT2D eigenvalue weighted by atomic mass is 10.1. The van der Waals surface area contributed by atoms with E-state index in [2.05, 4.69) is 0 Å². The van der Waals surface area contributed by atoms with Gasteiger partial charge in [0.15, 0.2) is 0 Å². The van der Waals surface area contributed by atoms with Crippen LogP contribution < -0.4 is 0 Å². The molecular formula is C12H13FN2O4. The SMILES string of the molecule is COC1CCN(C(=O)c2ccc(F)c([N+](=O)[O-])c2)C1. The Morgan fingerprint density at radius 2 is 2.32 bits per heavy atom. The van der Waals surface area contributed by atoms with Crippen molar-refractivity contribution in [3.05, 3.63) is 39.7 Å². The minimum atomic E-state index is -0.947. The average molecular weight is 268 g/mol. The lowest BCUT2D eigenvalue weighted by Crippen LogP contribution is -2.30. The third-order valence-corrected chi connectivity index (χ3v) is 3.16. The van der Waals surface area contributed by atoms with E-state index in [9.17, 15) is 19.3 Å². The van der Waals surface area contributed by atoms with Gasteiger partial charge in [-0.2, -0.15) is 4.39 Å². The van der Waals surface area contributed by atoms with Crippen LogP contribution >= 0.6 is 0 Å². The minimum Gasteiger partial charge on any atom is -0.380 e. The normalized spacial score (nSPS) is 18.6. The molecule has 102 valence electrons. The molecule has 7 heteroatoms. The van der Waals surface area contributed by atoms with Crippen LogP contribution in [0.15, 0.2) is 18.2 Å². The predicted octanol–water partition coefficient (Wildman–Crippen LogP) is 1.59. The fourth-order valence-corrected chi connectivity index (χ4v) is 2.07.